The van der Waals surface area contributed by atoms with Crippen LogP contribution >= 0.6 is 0 Å². The number of rotatable bonds is 23. The van der Waals surface area contributed by atoms with Gasteiger partial charge in [-0.05, 0) is 106 Å². The van der Waals surface area contributed by atoms with Crippen molar-refractivity contribution in [1.29, 1.82) is 0 Å². The molecule has 0 aromatic heterocycles. The topological polar surface area (TPSA) is 180 Å². The molecule has 0 fully saturated rings. The van der Waals surface area contributed by atoms with Crippen molar-refractivity contribution in [2.75, 3.05) is 52.7 Å². The van der Waals surface area contributed by atoms with Crippen LogP contribution in [0.3, 0.4) is 0 Å². The van der Waals surface area contributed by atoms with Gasteiger partial charge >= 0.3 is 11.9 Å². The van der Waals surface area contributed by atoms with Crippen molar-refractivity contribution in [3.63, 3.8) is 0 Å². The number of esters is 2. The lowest BCUT2D eigenvalue weighted by Crippen LogP contribution is -2.31. The number of hydrogen-bond acceptors (Lipinski definition) is 13. The molecular weight excluding hydrogens is 809 g/mol. The zero-order valence-corrected chi connectivity index (χ0v) is 38.3. The summed E-state index contributed by atoms with van der Waals surface area (Å²) in [5.41, 5.74) is 6.84. The molecule has 0 aliphatic heterocycles. The first-order valence-electron chi connectivity index (χ1n) is 21.3. The number of benzene rings is 4. The van der Waals surface area contributed by atoms with Crippen LogP contribution in [0.15, 0.2) is 84.9 Å². The van der Waals surface area contributed by atoms with Crippen LogP contribution in [-0.4, -0.2) is 65.3 Å². The minimum absolute atomic E-state index is 0.0837. The number of nitrogen functional groups attached to an aromatic ring is 1. The normalized spacial score (nSPS) is 11.1. The van der Waals surface area contributed by atoms with Crippen LogP contribution in [0.5, 0.6) is 46.0 Å². The van der Waals surface area contributed by atoms with Crippen LogP contribution in [0, 0.1) is 11.8 Å². The highest BCUT2D eigenvalue weighted by atomic mass is 16.5. The second-order valence-electron chi connectivity index (χ2n) is 14.0. The average molecular weight is 875 g/mol. The second-order valence-corrected chi connectivity index (χ2v) is 14.0. The average Bonchev–Trinajstić information content (AvgIpc) is 3.28. The fourth-order valence-corrected chi connectivity index (χ4v) is 5.83. The Kier molecular flexibility index (Phi) is 24.9. The lowest BCUT2D eigenvalue weighted by molar-refractivity contribution is -0.152. The van der Waals surface area contributed by atoms with Crippen molar-refractivity contribution in [3.8, 4) is 46.0 Å². The molecule has 2 atom stereocenters. The molecule has 4 rings (SSSR count). The van der Waals surface area contributed by atoms with Crippen LogP contribution in [0.4, 0.5) is 11.4 Å². The number of amides is 1. The van der Waals surface area contributed by atoms with E-state index in [0.717, 1.165) is 44.3 Å². The molecule has 0 heterocycles. The van der Waals surface area contributed by atoms with Crippen molar-refractivity contribution in [1.82, 2.24) is 0 Å². The Balaban J connectivity index is 0.000000360. The smallest absolute Gasteiger partial charge is 0.318 e. The van der Waals surface area contributed by atoms with Gasteiger partial charge in [-0.2, -0.15) is 0 Å². The summed E-state index contributed by atoms with van der Waals surface area (Å²) < 4.78 is 42.3. The van der Waals surface area contributed by atoms with Crippen LogP contribution in [0.2, 0.25) is 0 Å². The van der Waals surface area contributed by atoms with Gasteiger partial charge in [0.2, 0.25) is 5.91 Å². The largest absolute Gasteiger partial charge is 0.497 e. The zero-order valence-electron chi connectivity index (χ0n) is 38.3. The number of ketones is 1. The fraction of sp³-hybridized carbons (Fsp3) is 0.429. The molecular formula is C49H66N2O12. The van der Waals surface area contributed by atoms with Gasteiger partial charge in [-0.1, -0.05) is 52.4 Å². The van der Waals surface area contributed by atoms with Crippen molar-refractivity contribution < 1.29 is 57.1 Å². The van der Waals surface area contributed by atoms with E-state index in [1.165, 1.54) is 6.92 Å². The maximum atomic E-state index is 13.0. The summed E-state index contributed by atoms with van der Waals surface area (Å²) in [6, 6.07) is 24.7. The van der Waals surface area contributed by atoms with Crippen LogP contribution in [-0.2, 0) is 28.7 Å². The Morgan fingerprint density at radius 2 is 0.921 bits per heavy atom. The van der Waals surface area contributed by atoms with E-state index < -0.39 is 23.7 Å². The summed E-state index contributed by atoms with van der Waals surface area (Å²) in [5, 5.41) is 2.83. The molecule has 0 aliphatic rings. The number of methoxy groups -OCH3 is 4. The van der Waals surface area contributed by atoms with Gasteiger partial charge in [0.1, 0.15) is 52.1 Å². The minimum Gasteiger partial charge on any atom is -0.497 e. The highest BCUT2D eigenvalue weighted by Crippen LogP contribution is 2.35. The number of anilines is 2. The van der Waals surface area contributed by atoms with Gasteiger partial charge in [-0.15, -0.1) is 0 Å². The molecule has 0 bridgehead atoms. The molecule has 14 heteroatoms. The van der Waals surface area contributed by atoms with Gasteiger partial charge in [-0.25, -0.2) is 0 Å². The first kappa shape index (κ1) is 52.7. The summed E-state index contributed by atoms with van der Waals surface area (Å²) >= 11 is 0. The minimum atomic E-state index is -0.873. The number of hydrogen-bond donors (Lipinski definition) is 2. The van der Waals surface area contributed by atoms with E-state index in [2.05, 4.69) is 19.2 Å². The summed E-state index contributed by atoms with van der Waals surface area (Å²) in [6.07, 6.45) is 6.83. The predicted octanol–water partition coefficient (Wildman–Crippen LogP) is 10.6. The standard InChI is InChI=1S/C24H31NO6.C14H15NO3.C11H20O3/c1-5-7-8-9-20(24(27)30-6-2)23(26)25-21-15-14-19(29-4)16-22(21)31-18-12-10-17(28-3)11-13-18;1-16-10-3-5-11(6-4-10)18-14-9-12(17-2)7-8-13(14)15;1-4-6-7-8-10(9(3)12)11(13)14-5-2/h10-16,20H,5-9H2,1-4H3,(H,25,26);3-9H,15H2,1-2H3;10H,4-8H2,1-3H3. The Morgan fingerprint density at radius 3 is 1.37 bits per heavy atom. The number of carbonyl (C=O) groups is 4. The van der Waals surface area contributed by atoms with Gasteiger partial charge in [0.05, 0.1) is 53.0 Å². The van der Waals surface area contributed by atoms with E-state index in [-0.39, 0.29) is 18.4 Å². The van der Waals surface area contributed by atoms with E-state index in [4.69, 9.17) is 43.6 Å². The van der Waals surface area contributed by atoms with Gasteiger partial charge in [0, 0.05) is 12.1 Å². The quantitative estimate of drug-likeness (QED) is 0.0311. The molecule has 0 radical (unpaired) electrons. The highest BCUT2D eigenvalue weighted by molar-refractivity contribution is 6.05. The molecule has 3 N–H and O–H groups in total. The number of carbonyl (C=O) groups excluding carboxylic acids is 4. The van der Waals surface area contributed by atoms with Gasteiger partial charge in [-0.3, -0.25) is 19.2 Å². The summed E-state index contributed by atoms with van der Waals surface area (Å²) in [7, 11) is 6.36. The van der Waals surface area contributed by atoms with E-state index in [1.807, 2.05) is 24.3 Å². The number of nitrogens with two attached hydrogens (primary N) is 1. The fourth-order valence-electron chi connectivity index (χ4n) is 5.83. The van der Waals surface area contributed by atoms with Crippen LogP contribution in [0.25, 0.3) is 0 Å². The number of Topliss-reactive ketones (excluding diaryl/α,β-unsaturated/α-hetero) is 1. The van der Waals surface area contributed by atoms with Crippen LogP contribution < -0.4 is 39.5 Å². The number of nitrogens with one attached hydrogen (secondary N) is 1. The Hall–Kier alpha value is -6.44. The number of ether oxygens (including phenoxy) is 8. The number of unbranched alkanes of at least 4 members (excludes halogenated alkanes) is 4. The molecule has 0 saturated carbocycles. The Bertz CT molecular complexity index is 1970. The lowest BCUT2D eigenvalue weighted by Gasteiger charge is -2.18. The molecule has 344 valence electrons. The molecule has 1 amide bonds. The Morgan fingerprint density at radius 1 is 0.524 bits per heavy atom. The third-order valence-corrected chi connectivity index (χ3v) is 9.38. The van der Waals surface area contributed by atoms with Crippen molar-refractivity contribution in [2.45, 2.75) is 86.0 Å². The molecule has 4 aromatic carbocycles. The second kappa shape index (κ2) is 29.8. The molecule has 0 saturated heterocycles. The highest BCUT2D eigenvalue weighted by Gasteiger charge is 2.28. The molecule has 2 unspecified atom stereocenters. The third-order valence-electron chi connectivity index (χ3n) is 9.38. The van der Waals surface area contributed by atoms with Crippen molar-refractivity contribution in [2.24, 2.45) is 11.8 Å². The summed E-state index contributed by atoms with van der Waals surface area (Å²) in [5.74, 6) is 2.19. The molecule has 4 aromatic rings. The first-order valence-corrected chi connectivity index (χ1v) is 21.3. The maximum Gasteiger partial charge on any atom is 0.318 e. The summed E-state index contributed by atoms with van der Waals surface area (Å²) in [6.45, 7) is 9.66. The predicted molar refractivity (Wildman–Crippen MR) is 244 cm³/mol. The van der Waals surface area contributed by atoms with E-state index in [0.29, 0.717) is 71.1 Å². The van der Waals surface area contributed by atoms with E-state index in [1.54, 1.807) is 103 Å². The maximum absolute atomic E-state index is 13.0. The lowest BCUT2D eigenvalue weighted by atomic mass is 9.98. The zero-order chi connectivity index (χ0) is 46.6. The van der Waals surface area contributed by atoms with Gasteiger partial charge < -0.3 is 48.9 Å². The molecule has 63 heavy (non-hydrogen) atoms. The molecule has 0 aliphatic carbocycles. The van der Waals surface area contributed by atoms with Crippen LogP contribution in [0.1, 0.15) is 86.0 Å². The first-order chi connectivity index (χ1) is 30.4. The SMILES string of the molecule is CCCCCC(C(=O)Nc1ccc(OC)cc1Oc1ccc(OC)cc1)C(=O)OCC.CCCCCC(C(C)=O)C(=O)OCC.COc1ccc(Oc2cc(OC)ccc2N)cc1. The van der Waals surface area contributed by atoms with E-state index >= 15 is 0 Å². The van der Waals surface area contributed by atoms with Gasteiger partial charge in [0.15, 0.2) is 11.5 Å². The third kappa shape index (κ3) is 19.0. The summed E-state index contributed by atoms with van der Waals surface area (Å²) in [4.78, 5) is 47.8. The van der Waals surface area contributed by atoms with Gasteiger partial charge in [0.25, 0.3) is 0 Å². The van der Waals surface area contributed by atoms with E-state index in [9.17, 15) is 19.2 Å². The monoisotopic (exact) mass is 874 g/mol. The molecule has 14 nitrogen and oxygen atoms in total. The van der Waals surface area contributed by atoms with Crippen molar-refractivity contribution in [3.05, 3.63) is 84.9 Å². The molecule has 0 spiro atoms. The van der Waals surface area contributed by atoms with Crippen molar-refractivity contribution >= 4 is 35.0 Å². The Labute approximate surface area is 372 Å².